The number of primary amides is 2. The Balaban J connectivity index is 0.000000265. The van der Waals surface area contributed by atoms with Gasteiger partial charge in [0.2, 0.25) is 35.2 Å². The number of nitrogens with one attached hydrogen (secondary N) is 6. The molecule has 450 valence electrons. The van der Waals surface area contributed by atoms with E-state index in [2.05, 4.69) is 45.7 Å². The Bertz CT molecular complexity index is 2580. The molecule has 4 aliphatic carbocycles. The number of amides is 10. The summed E-state index contributed by atoms with van der Waals surface area (Å²) in [6.07, 6.45) is 4.42. The van der Waals surface area contributed by atoms with Gasteiger partial charge in [0, 0.05) is 13.1 Å². The molecule has 0 spiro atoms. The molecule has 7 rings (SSSR count). The second kappa shape index (κ2) is 24.0. The molecule has 2 saturated heterocycles. The molecule has 0 radical (unpaired) electrons. The predicted octanol–water partition coefficient (Wildman–Crippen LogP) is 2.81. The Morgan fingerprint density at radius 1 is 0.593 bits per heavy atom. The molecule has 1 aromatic carbocycles. The second-order valence-electron chi connectivity index (χ2n) is 28.4. The van der Waals surface area contributed by atoms with Gasteiger partial charge in [0.25, 0.3) is 11.8 Å². The Kier molecular flexibility index (Phi) is 18.9. The van der Waals surface area contributed by atoms with E-state index in [9.17, 15) is 53.1 Å². The molecule has 6 unspecified atom stereocenters. The molecule has 2 aliphatic heterocycles. The van der Waals surface area contributed by atoms with Gasteiger partial charge in [0.1, 0.15) is 24.2 Å². The Morgan fingerprint density at radius 3 is 1.30 bits per heavy atom. The van der Waals surface area contributed by atoms with Crippen molar-refractivity contribution in [3.8, 4) is 0 Å². The zero-order valence-corrected chi connectivity index (χ0v) is 50.1. The first-order valence-corrected chi connectivity index (χ1v) is 28.6. The first-order chi connectivity index (χ1) is 37.3. The van der Waals surface area contributed by atoms with Crippen LogP contribution >= 0.6 is 0 Å². The number of hydrogen-bond donors (Lipinski definition) is 9. The van der Waals surface area contributed by atoms with Crippen LogP contribution in [0.15, 0.2) is 30.3 Å². The van der Waals surface area contributed by atoms with Gasteiger partial charge in [0.15, 0.2) is 0 Å². The lowest BCUT2D eigenvalue weighted by Gasteiger charge is -2.38. The minimum absolute atomic E-state index is 0.101. The molecule has 2 heterocycles. The number of fused-ring (bicyclic) bond motifs is 2. The van der Waals surface area contributed by atoms with Gasteiger partial charge in [-0.25, -0.2) is 9.59 Å². The van der Waals surface area contributed by atoms with Gasteiger partial charge < -0.3 is 63.0 Å². The number of benzene rings is 1. The molecule has 6 aliphatic rings. The highest BCUT2D eigenvalue weighted by Gasteiger charge is 2.71. The number of Topliss-reactive ketones (excluding diaryl/α,β-unsaturated/α-hetero) is 2. The van der Waals surface area contributed by atoms with Crippen LogP contribution in [0.5, 0.6) is 0 Å². The van der Waals surface area contributed by atoms with Gasteiger partial charge in [0.05, 0.1) is 43.0 Å². The molecule has 10 atom stereocenters. The normalized spacial score (nSPS) is 24.7. The van der Waals surface area contributed by atoms with Crippen LogP contribution in [-0.4, -0.2) is 148 Å². The highest BCUT2D eigenvalue weighted by Crippen LogP contribution is 2.66. The Hall–Kier alpha value is -6.16. The van der Waals surface area contributed by atoms with Crippen LogP contribution in [0.4, 0.5) is 9.59 Å². The maximum absolute atomic E-state index is 14.2. The fourth-order valence-electron chi connectivity index (χ4n) is 12.0. The monoisotopic (exact) mass is 1130 g/mol. The number of hydrogen-bond acceptors (Lipinski definition) is 12. The number of urea groups is 2. The highest BCUT2D eigenvalue weighted by atomic mass is 16.5. The number of rotatable bonds is 23. The van der Waals surface area contributed by atoms with E-state index >= 15 is 0 Å². The van der Waals surface area contributed by atoms with E-state index in [-0.39, 0.29) is 65.5 Å². The topological polar surface area (TPSA) is 331 Å². The summed E-state index contributed by atoms with van der Waals surface area (Å²) in [5.74, 6) is -5.04. The number of aliphatic hydroxyl groups is 1. The van der Waals surface area contributed by atoms with E-state index in [4.69, 9.17) is 16.2 Å². The number of likely N-dealkylation sites (tertiary alicyclic amines) is 2. The summed E-state index contributed by atoms with van der Waals surface area (Å²) in [6.45, 7) is 27.3. The molecule has 4 saturated carbocycles. The lowest BCUT2D eigenvalue weighted by atomic mass is 9.85. The molecule has 81 heavy (non-hydrogen) atoms. The zero-order valence-electron chi connectivity index (χ0n) is 50.1. The number of carbonyl (C=O) groups is 10. The minimum atomic E-state index is -1.09. The molecule has 22 heteroatoms. The van der Waals surface area contributed by atoms with Crippen molar-refractivity contribution >= 4 is 59.1 Å². The number of piperidine rings is 2. The van der Waals surface area contributed by atoms with E-state index in [1.54, 1.807) is 18.7 Å². The molecule has 0 aromatic heterocycles. The van der Waals surface area contributed by atoms with Crippen LogP contribution in [0.2, 0.25) is 0 Å². The Labute approximate surface area is 477 Å². The van der Waals surface area contributed by atoms with Gasteiger partial charge in [-0.2, -0.15) is 0 Å². The minimum Gasteiger partial charge on any atom is -0.394 e. The zero-order chi connectivity index (χ0) is 60.7. The smallest absolute Gasteiger partial charge is 0.315 e. The van der Waals surface area contributed by atoms with E-state index in [1.807, 2.05) is 99.6 Å². The highest BCUT2D eigenvalue weighted by molar-refractivity contribution is 6.38. The quantitative estimate of drug-likeness (QED) is 0.0715. The SMILES string of the molecule is CC(C)(CO)NC(=O)N[C@H](C(=O)N1CC2C([C@H]1C(=O)NC(CC1CC1)C(=O)C(N)=O)C2(C)C)C(C)(C)C.CC(C)(COCc1ccccc1)NC(=O)N[C@H](C(=O)N1CC2C([C@H]1C(=O)NC(CC1CC1)C(=O)C(N)=O)C2(C)C)C(C)(C)C. The number of aliphatic hydroxyl groups excluding tert-OH is 1. The maximum Gasteiger partial charge on any atom is 0.315 e. The lowest BCUT2D eigenvalue weighted by molar-refractivity contribution is -0.145. The number of nitrogens with zero attached hydrogens (tertiary/aromatic N) is 2. The third-order valence-electron chi connectivity index (χ3n) is 17.5. The second-order valence-corrected chi connectivity index (χ2v) is 28.4. The number of nitrogens with two attached hydrogens (primary N) is 2. The molecule has 1 aromatic rings. The summed E-state index contributed by atoms with van der Waals surface area (Å²) >= 11 is 0. The Morgan fingerprint density at radius 2 is 0.963 bits per heavy atom. The van der Waals surface area contributed by atoms with Crippen LogP contribution in [0, 0.1) is 57.2 Å². The van der Waals surface area contributed by atoms with E-state index in [1.165, 1.54) is 4.90 Å². The van der Waals surface area contributed by atoms with Crippen molar-refractivity contribution in [2.45, 2.75) is 189 Å². The number of carbonyl (C=O) groups excluding carboxylic acids is 10. The molecule has 6 fully saturated rings. The van der Waals surface area contributed by atoms with Gasteiger partial charge in [-0.1, -0.05) is 125 Å². The lowest BCUT2D eigenvalue weighted by Crippen LogP contribution is -2.62. The van der Waals surface area contributed by atoms with Crippen molar-refractivity contribution in [2.24, 2.45) is 68.6 Å². The van der Waals surface area contributed by atoms with Crippen molar-refractivity contribution < 1.29 is 57.8 Å². The van der Waals surface area contributed by atoms with Crippen molar-refractivity contribution in [3.63, 3.8) is 0 Å². The average Bonchev–Trinajstić information content (AvgIpc) is 4.38. The summed E-state index contributed by atoms with van der Waals surface area (Å²) in [7, 11) is 0. The predicted molar refractivity (Wildman–Crippen MR) is 301 cm³/mol. The van der Waals surface area contributed by atoms with Gasteiger partial charge in [-0.3, -0.25) is 38.4 Å². The third kappa shape index (κ3) is 15.7. The fraction of sp³-hybridized carbons (Fsp3) is 0.729. The molecule has 10 amide bonds. The fourth-order valence-corrected chi connectivity index (χ4v) is 12.0. The number of ether oxygens (including phenoxy) is 1. The van der Waals surface area contributed by atoms with Crippen LogP contribution in [0.25, 0.3) is 0 Å². The summed E-state index contributed by atoms with van der Waals surface area (Å²) in [4.78, 5) is 133. The molecular formula is C59H92N10O12. The van der Waals surface area contributed by atoms with Crippen LogP contribution < -0.4 is 43.4 Å². The van der Waals surface area contributed by atoms with Crippen molar-refractivity contribution in [1.29, 1.82) is 0 Å². The molecule has 22 nitrogen and oxygen atoms in total. The van der Waals surface area contributed by atoms with E-state index in [0.29, 0.717) is 32.5 Å². The molecule has 0 bridgehead atoms. The number of ketones is 2. The molecule has 11 N–H and O–H groups in total. The van der Waals surface area contributed by atoms with E-state index < -0.39 is 111 Å². The van der Waals surface area contributed by atoms with Crippen molar-refractivity contribution in [3.05, 3.63) is 35.9 Å². The van der Waals surface area contributed by atoms with E-state index in [0.717, 1.165) is 31.2 Å². The van der Waals surface area contributed by atoms with Crippen LogP contribution in [-0.2, 0) is 49.7 Å². The third-order valence-corrected chi connectivity index (χ3v) is 17.5. The maximum atomic E-state index is 14.2. The van der Waals surface area contributed by atoms with Crippen molar-refractivity contribution in [2.75, 3.05) is 26.3 Å². The first kappa shape index (κ1) is 64.0. The average molecular weight is 1130 g/mol. The van der Waals surface area contributed by atoms with Gasteiger partial charge in [-0.15, -0.1) is 0 Å². The van der Waals surface area contributed by atoms with Gasteiger partial charge in [-0.05, 0) is 103 Å². The summed E-state index contributed by atoms with van der Waals surface area (Å²) in [6, 6.07) is 3.03. The summed E-state index contributed by atoms with van der Waals surface area (Å²) in [5.41, 5.74) is 8.25. The first-order valence-electron chi connectivity index (χ1n) is 28.6. The van der Waals surface area contributed by atoms with Gasteiger partial charge >= 0.3 is 12.1 Å². The van der Waals surface area contributed by atoms with Crippen molar-refractivity contribution in [1.82, 2.24) is 41.7 Å². The van der Waals surface area contributed by atoms with Crippen LogP contribution in [0.3, 0.4) is 0 Å². The molecular weight excluding hydrogens is 1040 g/mol. The summed E-state index contributed by atoms with van der Waals surface area (Å²) in [5, 5.41) is 26.2. The summed E-state index contributed by atoms with van der Waals surface area (Å²) < 4.78 is 5.84. The largest absolute Gasteiger partial charge is 0.394 e. The standard InChI is InChI=1S/C33H49N5O6.C26H43N5O6/c1-31(2,3)26(36-30(43)37-32(4,5)18-44-17-20-11-9-8-10-12-20)29(42)38-16-21-23(33(21,6)7)24(38)28(41)35-22(15-19-13-14-19)25(39)27(34)40;1-24(2,3)19(29-23(37)30-25(4,5)12-32)22(36)31-11-14-16(26(14,6)7)17(31)21(35)28-15(10-13-8-9-13)18(33)20(27)34/h8-12,19,21-24,26H,13-18H2,1-7H3,(H2,34,40)(H,35,41)(H2,36,37,43);13-17,19,32H,8-12H2,1-7H3,(H2,27,34)(H,28,35)(H2,29,30,37)/t21?,22?,23?,24-,26+;14?,15?,16?,17-,19+/m00/s1. The van der Waals surface area contributed by atoms with Crippen LogP contribution in [0.1, 0.15) is 141 Å².